The Morgan fingerprint density at radius 2 is 2.20 bits per heavy atom. The lowest BCUT2D eigenvalue weighted by atomic mass is 9.94. The first-order valence-electron chi connectivity index (χ1n) is 6.24. The van der Waals surface area contributed by atoms with Crippen molar-refractivity contribution in [1.29, 1.82) is 0 Å². The molecule has 0 fully saturated rings. The fourth-order valence-electron chi connectivity index (χ4n) is 1.93. The average Bonchev–Trinajstić information content (AvgIpc) is 2.25. The molecule has 0 radical (unpaired) electrons. The molecule has 0 saturated carbocycles. The van der Waals surface area contributed by atoms with E-state index >= 15 is 0 Å². The van der Waals surface area contributed by atoms with Crippen molar-refractivity contribution < 1.29 is 5.11 Å². The van der Waals surface area contributed by atoms with Gasteiger partial charge < -0.3 is 10.4 Å². The maximum absolute atomic E-state index is 9.61. The third kappa shape index (κ3) is 5.33. The summed E-state index contributed by atoms with van der Waals surface area (Å²) in [5.41, 5.74) is 0. The number of aliphatic hydroxyl groups excluding tert-OH is 1. The van der Waals surface area contributed by atoms with Gasteiger partial charge in [-0.15, -0.1) is 0 Å². The Bertz CT molecular complexity index is 189. The van der Waals surface area contributed by atoms with Gasteiger partial charge in [-0.05, 0) is 50.6 Å². The second-order valence-electron chi connectivity index (χ2n) is 4.95. The van der Waals surface area contributed by atoms with Crippen LogP contribution >= 0.6 is 0 Å². The number of hydrogen-bond donors (Lipinski definition) is 2. The second kappa shape index (κ2) is 7.02. The molecule has 0 heterocycles. The Balaban J connectivity index is 1.99. The summed E-state index contributed by atoms with van der Waals surface area (Å²) >= 11 is 0. The first-order valence-corrected chi connectivity index (χ1v) is 6.24. The molecule has 0 aromatic rings. The Kier molecular flexibility index (Phi) is 5.96. The Morgan fingerprint density at radius 1 is 1.40 bits per heavy atom. The summed E-state index contributed by atoms with van der Waals surface area (Å²) < 4.78 is 0. The van der Waals surface area contributed by atoms with E-state index in [-0.39, 0.29) is 6.10 Å². The molecule has 2 heteroatoms. The molecule has 1 aliphatic carbocycles. The van der Waals surface area contributed by atoms with E-state index in [0.29, 0.717) is 5.92 Å². The Hall–Kier alpha value is -0.340. The van der Waals surface area contributed by atoms with Gasteiger partial charge in [0.2, 0.25) is 0 Å². The van der Waals surface area contributed by atoms with Crippen LogP contribution < -0.4 is 5.32 Å². The number of rotatable bonds is 6. The third-order valence-electron chi connectivity index (χ3n) is 3.20. The minimum atomic E-state index is -0.149. The number of hydrogen-bond acceptors (Lipinski definition) is 2. The monoisotopic (exact) mass is 211 g/mol. The molecule has 0 saturated heterocycles. The van der Waals surface area contributed by atoms with E-state index in [4.69, 9.17) is 0 Å². The SMILES string of the molecule is CC(C)C(O)CCNCC1CC=CCC1. The van der Waals surface area contributed by atoms with Gasteiger partial charge in [0.15, 0.2) is 0 Å². The predicted octanol–water partition coefficient (Wildman–Crippen LogP) is 2.34. The Labute approximate surface area is 93.8 Å². The van der Waals surface area contributed by atoms with Crippen molar-refractivity contribution in [2.75, 3.05) is 13.1 Å². The van der Waals surface area contributed by atoms with E-state index in [0.717, 1.165) is 25.4 Å². The van der Waals surface area contributed by atoms with Crippen LogP contribution in [0.3, 0.4) is 0 Å². The highest BCUT2D eigenvalue weighted by Crippen LogP contribution is 2.16. The summed E-state index contributed by atoms with van der Waals surface area (Å²) in [6.45, 7) is 6.18. The molecule has 2 unspecified atom stereocenters. The first-order chi connectivity index (χ1) is 7.20. The number of allylic oxidation sites excluding steroid dienone is 2. The first kappa shape index (κ1) is 12.7. The second-order valence-corrected chi connectivity index (χ2v) is 4.95. The van der Waals surface area contributed by atoms with Crippen LogP contribution in [-0.4, -0.2) is 24.3 Å². The molecular formula is C13H25NO. The molecule has 88 valence electrons. The third-order valence-corrected chi connectivity index (χ3v) is 3.20. The maximum Gasteiger partial charge on any atom is 0.0575 e. The molecule has 2 N–H and O–H groups in total. The number of aliphatic hydroxyl groups is 1. The van der Waals surface area contributed by atoms with E-state index in [9.17, 15) is 5.11 Å². The quantitative estimate of drug-likeness (QED) is 0.522. The van der Waals surface area contributed by atoms with Crippen molar-refractivity contribution in [3.05, 3.63) is 12.2 Å². The highest BCUT2D eigenvalue weighted by Gasteiger charge is 2.11. The minimum absolute atomic E-state index is 0.149. The summed E-state index contributed by atoms with van der Waals surface area (Å²) in [5, 5.41) is 13.1. The van der Waals surface area contributed by atoms with E-state index < -0.39 is 0 Å². The van der Waals surface area contributed by atoms with Gasteiger partial charge in [-0.2, -0.15) is 0 Å². The van der Waals surface area contributed by atoms with Crippen molar-refractivity contribution in [2.45, 2.75) is 45.6 Å². The fraction of sp³-hybridized carbons (Fsp3) is 0.846. The summed E-state index contributed by atoms with van der Waals surface area (Å²) in [4.78, 5) is 0. The van der Waals surface area contributed by atoms with Crippen molar-refractivity contribution in [3.8, 4) is 0 Å². The molecule has 15 heavy (non-hydrogen) atoms. The van der Waals surface area contributed by atoms with Crippen molar-refractivity contribution in [3.63, 3.8) is 0 Å². The lowest BCUT2D eigenvalue weighted by Gasteiger charge is -2.19. The van der Waals surface area contributed by atoms with Gasteiger partial charge >= 0.3 is 0 Å². The molecule has 2 atom stereocenters. The molecule has 0 aliphatic heterocycles. The van der Waals surface area contributed by atoms with Crippen LogP contribution in [0.15, 0.2) is 12.2 Å². The molecule has 0 bridgehead atoms. The summed E-state index contributed by atoms with van der Waals surface area (Å²) in [5.74, 6) is 1.19. The van der Waals surface area contributed by atoms with Crippen LogP contribution in [0.4, 0.5) is 0 Å². The lowest BCUT2D eigenvalue weighted by Crippen LogP contribution is -2.28. The van der Waals surface area contributed by atoms with Crippen molar-refractivity contribution in [1.82, 2.24) is 5.32 Å². The molecule has 0 spiro atoms. The Morgan fingerprint density at radius 3 is 2.80 bits per heavy atom. The zero-order chi connectivity index (χ0) is 11.1. The molecule has 1 rings (SSSR count). The van der Waals surface area contributed by atoms with Crippen LogP contribution in [0.25, 0.3) is 0 Å². The van der Waals surface area contributed by atoms with E-state index in [1.807, 2.05) is 0 Å². The highest BCUT2D eigenvalue weighted by molar-refractivity contribution is 4.90. The maximum atomic E-state index is 9.61. The minimum Gasteiger partial charge on any atom is -0.393 e. The van der Waals surface area contributed by atoms with Gasteiger partial charge in [-0.25, -0.2) is 0 Å². The summed E-state index contributed by atoms with van der Waals surface area (Å²) in [6, 6.07) is 0. The van der Waals surface area contributed by atoms with Crippen molar-refractivity contribution >= 4 is 0 Å². The van der Waals surface area contributed by atoms with Gasteiger partial charge in [-0.1, -0.05) is 26.0 Å². The summed E-state index contributed by atoms with van der Waals surface area (Å²) in [7, 11) is 0. The fourth-order valence-corrected chi connectivity index (χ4v) is 1.93. The molecule has 2 nitrogen and oxygen atoms in total. The smallest absolute Gasteiger partial charge is 0.0575 e. The molecule has 0 aromatic carbocycles. The van der Waals surface area contributed by atoms with Gasteiger partial charge in [0, 0.05) is 0 Å². The van der Waals surface area contributed by atoms with Gasteiger partial charge in [-0.3, -0.25) is 0 Å². The zero-order valence-corrected chi connectivity index (χ0v) is 10.1. The summed E-state index contributed by atoms with van der Waals surface area (Å²) in [6.07, 6.45) is 9.07. The van der Waals surface area contributed by atoms with E-state index in [1.165, 1.54) is 19.3 Å². The number of nitrogens with one attached hydrogen (secondary N) is 1. The van der Waals surface area contributed by atoms with Crippen LogP contribution in [0.5, 0.6) is 0 Å². The van der Waals surface area contributed by atoms with Gasteiger partial charge in [0.05, 0.1) is 6.10 Å². The lowest BCUT2D eigenvalue weighted by molar-refractivity contribution is 0.115. The van der Waals surface area contributed by atoms with Gasteiger partial charge in [0.1, 0.15) is 0 Å². The van der Waals surface area contributed by atoms with E-state index in [1.54, 1.807) is 0 Å². The van der Waals surface area contributed by atoms with Crippen LogP contribution in [0.2, 0.25) is 0 Å². The average molecular weight is 211 g/mol. The van der Waals surface area contributed by atoms with Crippen LogP contribution in [-0.2, 0) is 0 Å². The van der Waals surface area contributed by atoms with Crippen LogP contribution in [0, 0.1) is 11.8 Å². The van der Waals surface area contributed by atoms with Crippen LogP contribution in [0.1, 0.15) is 39.5 Å². The normalized spacial score (nSPS) is 23.3. The van der Waals surface area contributed by atoms with Gasteiger partial charge in [0.25, 0.3) is 0 Å². The largest absolute Gasteiger partial charge is 0.393 e. The topological polar surface area (TPSA) is 32.3 Å². The molecule has 1 aliphatic rings. The highest BCUT2D eigenvalue weighted by atomic mass is 16.3. The molecule has 0 aromatic heterocycles. The predicted molar refractivity (Wildman–Crippen MR) is 64.8 cm³/mol. The van der Waals surface area contributed by atoms with Crippen molar-refractivity contribution in [2.24, 2.45) is 11.8 Å². The zero-order valence-electron chi connectivity index (χ0n) is 10.1. The molecule has 0 amide bonds. The standard InChI is InChI=1S/C13H25NO/c1-11(2)13(15)8-9-14-10-12-6-4-3-5-7-12/h3-4,11-15H,5-10H2,1-2H3. The van der Waals surface area contributed by atoms with E-state index in [2.05, 4.69) is 31.3 Å². The molecular weight excluding hydrogens is 186 g/mol.